The van der Waals surface area contributed by atoms with Crippen molar-refractivity contribution in [3.05, 3.63) is 23.9 Å². The van der Waals surface area contributed by atoms with Crippen LogP contribution in [0.2, 0.25) is 0 Å². The van der Waals surface area contributed by atoms with Crippen molar-refractivity contribution in [1.29, 1.82) is 0 Å². The van der Waals surface area contributed by atoms with Crippen LogP contribution >= 0.6 is 0 Å². The highest BCUT2D eigenvalue weighted by atomic mass is 19.4. The highest BCUT2D eigenvalue weighted by molar-refractivity contribution is 5.84. The van der Waals surface area contributed by atoms with Gasteiger partial charge in [-0.15, -0.1) is 0 Å². The minimum Gasteiger partial charge on any atom is -0.476 e. The maximum atomic E-state index is 13.0. The molecule has 2 heterocycles. The second kappa shape index (κ2) is 8.59. The van der Waals surface area contributed by atoms with Crippen molar-refractivity contribution in [1.82, 2.24) is 9.88 Å². The molecule has 0 aliphatic carbocycles. The topological polar surface area (TPSA) is 42.4 Å². The molecule has 1 fully saturated rings. The van der Waals surface area contributed by atoms with Gasteiger partial charge in [0.25, 0.3) is 0 Å². The van der Waals surface area contributed by atoms with Crippen molar-refractivity contribution in [3.63, 3.8) is 0 Å². The Labute approximate surface area is 159 Å². The molecule has 27 heavy (non-hydrogen) atoms. The Morgan fingerprint density at radius 1 is 1.37 bits per heavy atom. The molecule has 1 aromatic rings. The summed E-state index contributed by atoms with van der Waals surface area (Å²) in [6.07, 6.45) is -0.980. The zero-order valence-corrected chi connectivity index (χ0v) is 16.5. The molecule has 0 amide bonds. The lowest BCUT2D eigenvalue weighted by molar-refractivity contribution is -0.139. The first-order chi connectivity index (χ1) is 12.5. The number of pyridine rings is 1. The average Bonchev–Trinajstić information content (AvgIpc) is 2.58. The fraction of sp³-hybridized carbons (Fsp3) is 0.700. The third-order valence-corrected chi connectivity index (χ3v) is 5.43. The first-order valence-corrected chi connectivity index (χ1v) is 9.37. The molecule has 4 nitrogen and oxygen atoms in total. The molecule has 0 aromatic carbocycles. The summed E-state index contributed by atoms with van der Waals surface area (Å²) < 4.78 is 44.4. The van der Waals surface area contributed by atoms with Crippen molar-refractivity contribution >= 4 is 5.78 Å². The molecule has 7 heteroatoms. The third kappa shape index (κ3) is 5.92. The predicted octanol–water partition coefficient (Wildman–Crippen LogP) is 4.44. The van der Waals surface area contributed by atoms with Crippen LogP contribution in [0.15, 0.2) is 18.3 Å². The lowest BCUT2D eigenvalue weighted by atomic mass is 9.80. The minimum absolute atomic E-state index is 0.0121. The molecule has 152 valence electrons. The fourth-order valence-electron chi connectivity index (χ4n) is 3.54. The lowest BCUT2D eigenvalue weighted by Crippen LogP contribution is -2.37. The van der Waals surface area contributed by atoms with E-state index in [1.54, 1.807) is 13.8 Å². The molecule has 1 aromatic heterocycles. The Kier molecular flexibility index (Phi) is 6.89. The van der Waals surface area contributed by atoms with E-state index in [1.807, 2.05) is 0 Å². The Balaban J connectivity index is 1.92. The van der Waals surface area contributed by atoms with E-state index in [4.69, 9.17) is 4.74 Å². The van der Waals surface area contributed by atoms with Gasteiger partial charge >= 0.3 is 6.18 Å². The van der Waals surface area contributed by atoms with Crippen molar-refractivity contribution in [2.75, 3.05) is 26.7 Å². The van der Waals surface area contributed by atoms with E-state index in [0.29, 0.717) is 18.3 Å². The number of hydrogen-bond donors (Lipinski definition) is 0. The first-order valence-electron chi connectivity index (χ1n) is 9.37. The van der Waals surface area contributed by atoms with E-state index < -0.39 is 23.0 Å². The zero-order valence-electron chi connectivity index (χ0n) is 16.5. The number of ketones is 1. The lowest BCUT2D eigenvalue weighted by Gasteiger charge is -2.35. The number of carbonyl (C=O) groups is 1. The summed E-state index contributed by atoms with van der Waals surface area (Å²) >= 11 is 0. The summed E-state index contributed by atoms with van der Waals surface area (Å²) in [5.74, 6) is 0.584. The summed E-state index contributed by atoms with van der Waals surface area (Å²) in [5.41, 5.74) is -1.79. The summed E-state index contributed by atoms with van der Waals surface area (Å²) in [5, 5.41) is 0. The van der Waals surface area contributed by atoms with Crippen LogP contribution in [0.1, 0.15) is 45.6 Å². The molecule has 1 aliphatic rings. The van der Waals surface area contributed by atoms with Gasteiger partial charge in [-0.05, 0) is 64.3 Å². The Bertz CT molecular complexity index is 646. The number of ether oxygens (including phenoxy) is 1. The monoisotopic (exact) mass is 386 g/mol. The smallest absolute Gasteiger partial charge is 0.421 e. The van der Waals surface area contributed by atoms with Crippen LogP contribution in [-0.2, 0) is 11.0 Å². The number of piperidine rings is 1. The van der Waals surface area contributed by atoms with Gasteiger partial charge in [0.15, 0.2) is 0 Å². The maximum absolute atomic E-state index is 13.0. The predicted molar refractivity (Wildman–Crippen MR) is 97.5 cm³/mol. The van der Waals surface area contributed by atoms with Crippen LogP contribution in [-0.4, -0.2) is 42.4 Å². The van der Waals surface area contributed by atoms with E-state index in [9.17, 15) is 18.0 Å². The Morgan fingerprint density at radius 2 is 2.07 bits per heavy atom. The highest BCUT2D eigenvalue weighted by Gasteiger charge is 2.36. The molecule has 0 saturated carbocycles. The van der Waals surface area contributed by atoms with Crippen LogP contribution in [0.4, 0.5) is 13.2 Å². The van der Waals surface area contributed by atoms with Gasteiger partial charge < -0.3 is 9.64 Å². The van der Waals surface area contributed by atoms with Crippen molar-refractivity contribution < 1.29 is 22.7 Å². The van der Waals surface area contributed by atoms with Crippen molar-refractivity contribution in [2.45, 2.75) is 46.2 Å². The molecule has 0 spiro atoms. The number of halogens is 3. The van der Waals surface area contributed by atoms with E-state index in [2.05, 4.69) is 23.9 Å². The van der Waals surface area contributed by atoms with Crippen LogP contribution in [0, 0.1) is 17.3 Å². The van der Waals surface area contributed by atoms with E-state index in [-0.39, 0.29) is 12.4 Å². The first kappa shape index (κ1) is 21.7. The van der Waals surface area contributed by atoms with Gasteiger partial charge in [-0.1, -0.05) is 6.92 Å². The molecular weight excluding hydrogens is 357 g/mol. The summed E-state index contributed by atoms with van der Waals surface area (Å²) in [6, 6.07) is 2.15. The largest absolute Gasteiger partial charge is 0.476 e. The van der Waals surface area contributed by atoms with Gasteiger partial charge in [-0.3, -0.25) is 4.79 Å². The number of carbonyl (C=O) groups excluding carboxylic acids is 1. The molecule has 1 saturated heterocycles. The Morgan fingerprint density at radius 3 is 2.70 bits per heavy atom. The van der Waals surface area contributed by atoms with Gasteiger partial charge in [0, 0.05) is 19.2 Å². The highest BCUT2D eigenvalue weighted by Crippen LogP contribution is 2.35. The number of likely N-dealkylation sites (tertiary alicyclic amines) is 1. The normalized spacial score (nSPS) is 21.9. The number of aromatic nitrogens is 1. The minimum atomic E-state index is -4.54. The second-order valence-corrected chi connectivity index (χ2v) is 8.28. The zero-order chi connectivity index (χ0) is 20.2. The van der Waals surface area contributed by atoms with Crippen molar-refractivity contribution in [2.24, 2.45) is 17.3 Å². The van der Waals surface area contributed by atoms with E-state index in [0.717, 1.165) is 32.0 Å². The summed E-state index contributed by atoms with van der Waals surface area (Å²) in [6.45, 7) is 7.57. The average molecular weight is 386 g/mol. The molecule has 2 rings (SSSR count). The van der Waals surface area contributed by atoms with Crippen molar-refractivity contribution in [3.8, 4) is 5.88 Å². The van der Waals surface area contributed by atoms with Gasteiger partial charge in [-0.25, -0.2) is 4.98 Å². The van der Waals surface area contributed by atoms with Crippen LogP contribution < -0.4 is 4.74 Å². The van der Waals surface area contributed by atoms with Gasteiger partial charge in [0.1, 0.15) is 18.0 Å². The number of hydrogen-bond acceptors (Lipinski definition) is 4. The fourth-order valence-corrected chi connectivity index (χ4v) is 3.54. The molecule has 1 aliphatic heterocycles. The van der Waals surface area contributed by atoms with Crippen LogP contribution in [0.25, 0.3) is 0 Å². The van der Waals surface area contributed by atoms with Gasteiger partial charge in [-0.2, -0.15) is 13.2 Å². The summed E-state index contributed by atoms with van der Waals surface area (Å²) in [4.78, 5) is 18.6. The van der Waals surface area contributed by atoms with Gasteiger partial charge in [0.05, 0.1) is 5.41 Å². The molecule has 0 radical (unpaired) electrons. The molecular formula is C20H29F3N2O2. The number of nitrogens with zero attached hydrogens (tertiary/aromatic N) is 2. The molecule has 0 unspecified atom stereocenters. The second-order valence-electron chi connectivity index (χ2n) is 8.28. The number of Topliss-reactive ketones (excluding diaryl/α,β-unsaturated/α-hetero) is 1. The van der Waals surface area contributed by atoms with Crippen LogP contribution in [0.5, 0.6) is 5.88 Å². The molecule has 2 atom stereocenters. The standard InChI is InChI=1S/C20H29F3N2O2/c1-14-12-25(4)11-9-15(14)7-8-17(26)19(2,3)13-27-18-16(20(21,22)23)6-5-10-24-18/h5-6,10,14-15H,7-9,11-13H2,1-4H3/t14-,15+/m0/s1. The maximum Gasteiger partial charge on any atom is 0.421 e. The van der Waals surface area contributed by atoms with E-state index in [1.165, 1.54) is 12.3 Å². The van der Waals surface area contributed by atoms with Gasteiger partial charge in [0.2, 0.25) is 5.88 Å². The number of alkyl halides is 3. The van der Waals surface area contributed by atoms with Crippen LogP contribution in [0.3, 0.4) is 0 Å². The third-order valence-electron chi connectivity index (χ3n) is 5.43. The SMILES string of the molecule is C[C@H]1CN(C)CC[C@H]1CCC(=O)C(C)(C)COc1ncccc1C(F)(F)F. The quantitative estimate of drug-likeness (QED) is 0.695. The number of rotatable bonds is 7. The molecule has 0 N–H and O–H groups in total. The van der Waals surface area contributed by atoms with E-state index >= 15 is 0 Å². The molecule has 0 bridgehead atoms. The summed E-state index contributed by atoms with van der Waals surface area (Å²) in [7, 11) is 2.10. The Hall–Kier alpha value is -1.63.